The molecule has 5 nitrogen and oxygen atoms in total. The second-order valence-corrected chi connectivity index (χ2v) is 4.55. The molecule has 0 amide bonds. The fraction of sp³-hybridized carbons (Fsp3) is 0.385. The maximum atomic E-state index is 5.94. The van der Waals surface area contributed by atoms with Crippen molar-refractivity contribution in [2.45, 2.75) is 6.04 Å². The Morgan fingerprint density at radius 2 is 2.21 bits per heavy atom. The molecule has 2 rings (SSSR count). The highest BCUT2D eigenvalue weighted by Gasteiger charge is 2.15. The van der Waals surface area contributed by atoms with Gasteiger partial charge in [-0.25, -0.2) is 5.43 Å². The lowest BCUT2D eigenvalue weighted by molar-refractivity contribution is 0.0557. The van der Waals surface area contributed by atoms with Gasteiger partial charge in [-0.2, -0.15) is 0 Å². The molecule has 19 heavy (non-hydrogen) atoms. The van der Waals surface area contributed by atoms with E-state index in [-0.39, 0.29) is 6.04 Å². The van der Waals surface area contributed by atoms with E-state index in [1.54, 1.807) is 13.2 Å². The highest BCUT2D eigenvalue weighted by atomic mass is 35.5. The summed E-state index contributed by atoms with van der Waals surface area (Å²) in [5, 5.41) is 1.62. The Balaban J connectivity index is 2.07. The van der Waals surface area contributed by atoms with Crippen LogP contribution in [0.5, 0.6) is 0 Å². The maximum Gasteiger partial charge on any atom is 0.134 e. The molecule has 3 N–H and O–H groups in total. The molecular weight excluding hydrogens is 268 g/mol. The van der Waals surface area contributed by atoms with Crippen molar-refractivity contribution in [1.29, 1.82) is 0 Å². The van der Waals surface area contributed by atoms with Gasteiger partial charge in [0.15, 0.2) is 0 Å². The van der Waals surface area contributed by atoms with Crippen molar-refractivity contribution in [2.75, 3.05) is 26.9 Å². The molecule has 0 saturated carbocycles. The number of fused-ring (bicyclic) bond motifs is 1. The number of hydrazine groups is 1. The first-order valence-electron chi connectivity index (χ1n) is 5.96. The van der Waals surface area contributed by atoms with Crippen molar-refractivity contribution in [3.05, 3.63) is 35.0 Å². The number of hydrogen-bond donors (Lipinski definition) is 2. The predicted molar refractivity (Wildman–Crippen MR) is 74.0 cm³/mol. The second-order valence-electron chi connectivity index (χ2n) is 4.12. The summed E-state index contributed by atoms with van der Waals surface area (Å²) < 4.78 is 16.1. The van der Waals surface area contributed by atoms with Crippen molar-refractivity contribution in [1.82, 2.24) is 5.43 Å². The third-order valence-corrected chi connectivity index (χ3v) is 2.99. The lowest BCUT2D eigenvalue weighted by Crippen LogP contribution is -2.31. The van der Waals surface area contributed by atoms with Gasteiger partial charge in [0.2, 0.25) is 0 Å². The van der Waals surface area contributed by atoms with Crippen LogP contribution in [0, 0.1) is 0 Å². The molecule has 2 aromatic rings. The first kappa shape index (κ1) is 14.3. The van der Waals surface area contributed by atoms with Crippen LogP contribution in [0.1, 0.15) is 11.8 Å². The van der Waals surface area contributed by atoms with Crippen molar-refractivity contribution in [2.24, 2.45) is 5.84 Å². The van der Waals surface area contributed by atoms with Crippen LogP contribution in [0.3, 0.4) is 0 Å². The highest BCUT2D eigenvalue weighted by molar-refractivity contribution is 6.31. The topological polar surface area (TPSA) is 69.7 Å². The van der Waals surface area contributed by atoms with Gasteiger partial charge in [0.05, 0.1) is 19.8 Å². The zero-order valence-corrected chi connectivity index (χ0v) is 11.4. The Labute approximate surface area is 116 Å². The Morgan fingerprint density at radius 3 is 2.95 bits per heavy atom. The molecule has 1 aromatic heterocycles. The fourth-order valence-corrected chi connectivity index (χ4v) is 1.94. The lowest BCUT2D eigenvalue weighted by atomic mass is 10.2. The molecule has 0 fully saturated rings. The van der Waals surface area contributed by atoms with E-state index >= 15 is 0 Å². The van der Waals surface area contributed by atoms with E-state index in [1.807, 2.05) is 18.2 Å². The first-order valence-corrected chi connectivity index (χ1v) is 6.34. The van der Waals surface area contributed by atoms with Crippen LogP contribution in [-0.4, -0.2) is 26.9 Å². The van der Waals surface area contributed by atoms with Crippen LogP contribution in [0.15, 0.2) is 28.7 Å². The van der Waals surface area contributed by atoms with Crippen molar-refractivity contribution in [3.8, 4) is 0 Å². The molecular formula is C13H17ClN2O3. The predicted octanol–water partition coefficient (Wildman–Crippen LogP) is 2.25. The maximum absolute atomic E-state index is 5.94. The highest BCUT2D eigenvalue weighted by Crippen LogP contribution is 2.26. The molecule has 0 aliphatic rings. The van der Waals surface area contributed by atoms with Crippen LogP contribution >= 0.6 is 11.6 Å². The normalized spacial score (nSPS) is 13.0. The fourth-order valence-electron chi connectivity index (χ4n) is 1.76. The summed E-state index contributed by atoms with van der Waals surface area (Å²) in [5.41, 5.74) is 3.45. The summed E-state index contributed by atoms with van der Waals surface area (Å²) in [5.74, 6) is 6.24. The summed E-state index contributed by atoms with van der Waals surface area (Å²) in [6.45, 7) is 1.47. The number of hydrogen-bond acceptors (Lipinski definition) is 5. The third-order valence-electron chi connectivity index (χ3n) is 2.76. The molecule has 104 valence electrons. The van der Waals surface area contributed by atoms with Gasteiger partial charge in [-0.3, -0.25) is 5.84 Å². The largest absolute Gasteiger partial charge is 0.459 e. The van der Waals surface area contributed by atoms with Crippen molar-refractivity contribution < 1.29 is 13.9 Å². The van der Waals surface area contributed by atoms with E-state index < -0.39 is 0 Å². The van der Waals surface area contributed by atoms with Gasteiger partial charge in [-0.1, -0.05) is 11.6 Å². The Bertz CT molecular complexity index is 530. The number of rotatable bonds is 7. The molecule has 0 bridgehead atoms. The number of furan rings is 1. The summed E-state index contributed by atoms with van der Waals surface area (Å²) in [7, 11) is 1.63. The van der Waals surface area contributed by atoms with Crippen LogP contribution in [0.25, 0.3) is 11.0 Å². The molecule has 1 unspecified atom stereocenters. The van der Waals surface area contributed by atoms with Gasteiger partial charge in [-0.15, -0.1) is 0 Å². The van der Waals surface area contributed by atoms with Gasteiger partial charge in [0.1, 0.15) is 17.4 Å². The lowest BCUT2D eigenvalue weighted by Gasteiger charge is -2.13. The summed E-state index contributed by atoms with van der Waals surface area (Å²) >= 11 is 5.94. The number of methoxy groups -OCH3 is 1. The number of ether oxygens (including phenoxy) is 2. The van der Waals surface area contributed by atoms with E-state index in [2.05, 4.69) is 5.43 Å². The Hall–Kier alpha value is -1.11. The molecule has 1 heterocycles. The molecule has 0 spiro atoms. The van der Waals surface area contributed by atoms with E-state index in [9.17, 15) is 0 Å². The number of nitrogens with two attached hydrogens (primary N) is 1. The molecule has 0 aliphatic carbocycles. The van der Waals surface area contributed by atoms with Gasteiger partial charge in [-0.05, 0) is 24.3 Å². The van der Waals surface area contributed by atoms with Crippen LogP contribution in [-0.2, 0) is 9.47 Å². The SMILES string of the molecule is COCCOCC(NN)c1cc2cc(Cl)ccc2o1. The van der Waals surface area contributed by atoms with E-state index in [1.165, 1.54) is 0 Å². The average molecular weight is 285 g/mol. The molecule has 1 aromatic carbocycles. The second kappa shape index (κ2) is 6.88. The van der Waals surface area contributed by atoms with Crippen molar-refractivity contribution >= 4 is 22.6 Å². The molecule has 6 heteroatoms. The molecule has 0 saturated heterocycles. The number of benzene rings is 1. The average Bonchev–Trinajstić information content (AvgIpc) is 2.81. The van der Waals surface area contributed by atoms with Gasteiger partial charge in [0, 0.05) is 17.5 Å². The van der Waals surface area contributed by atoms with Crippen molar-refractivity contribution in [3.63, 3.8) is 0 Å². The van der Waals surface area contributed by atoms with Gasteiger partial charge in [0.25, 0.3) is 0 Å². The van der Waals surface area contributed by atoms with Gasteiger partial charge >= 0.3 is 0 Å². The van der Waals surface area contributed by atoms with E-state index in [0.29, 0.717) is 24.8 Å². The molecule has 0 aliphatic heterocycles. The zero-order chi connectivity index (χ0) is 13.7. The smallest absolute Gasteiger partial charge is 0.134 e. The van der Waals surface area contributed by atoms with E-state index in [0.717, 1.165) is 16.7 Å². The van der Waals surface area contributed by atoms with Crippen LogP contribution in [0.2, 0.25) is 5.02 Å². The summed E-state index contributed by atoms with van der Waals surface area (Å²) in [6.07, 6.45) is 0. The quantitative estimate of drug-likeness (QED) is 0.464. The number of halogens is 1. The zero-order valence-electron chi connectivity index (χ0n) is 10.7. The van der Waals surface area contributed by atoms with Crippen LogP contribution < -0.4 is 11.3 Å². The minimum Gasteiger partial charge on any atom is -0.459 e. The monoisotopic (exact) mass is 284 g/mol. The summed E-state index contributed by atoms with van der Waals surface area (Å²) in [6, 6.07) is 7.18. The third kappa shape index (κ3) is 3.68. The molecule has 1 atom stereocenters. The standard InChI is InChI=1S/C13H17ClN2O3/c1-17-4-5-18-8-11(16-15)13-7-9-6-10(14)2-3-12(9)19-13/h2-3,6-7,11,16H,4-5,8,15H2,1H3. The Morgan fingerprint density at radius 1 is 1.37 bits per heavy atom. The summed E-state index contributed by atoms with van der Waals surface area (Å²) in [4.78, 5) is 0. The van der Waals surface area contributed by atoms with Crippen LogP contribution in [0.4, 0.5) is 0 Å². The number of nitrogens with one attached hydrogen (secondary N) is 1. The minimum absolute atomic E-state index is 0.206. The van der Waals surface area contributed by atoms with Gasteiger partial charge < -0.3 is 13.9 Å². The minimum atomic E-state index is -0.206. The Kier molecular flexibility index (Phi) is 5.18. The molecule has 0 radical (unpaired) electrons. The first-order chi connectivity index (χ1) is 9.24. The van der Waals surface area contributed by atoms with E-state index in [4.69, 9.17) is 31.3 Å².